The van der Waals surface area contributed by atoms with Gasteiger partial charge in [-0.25, -0.2) is 4.18 Å². The zero-order valence-corrected chi connectivity index (χ0v) is 48.6. The van der Waals surface area contributed by atoms with Crippen LogP contribution in [0.1, 0.15) is 101 Å². The second-order valence-electron chi connectivity index (χ2n) is 25.3. The van der Waals surface area contributed by atoms with E-state index in [-0.39, 0.29) is 24.7 Å². The summed E-state index contributed by atoms with van der Waals surface area (Å²) in [6.45, 7) is 14.7. The topological polar surface area (TPSA) is 381 Å². The molecule has 0 aromatic heterocycles. The fourth-order valence-electron chi connectivity index (χ4n) is 15.9. The summed E-state index contributed by atoms with van der Waals surface area (Å²) in [5.41, 5.74) is -5.06. The van der Waals surface area contributed by atoms with Gasteiger partial charge in [0, 0.05) is 19.4 Å². The van der Waals surface area contributed by atoms with E-state index in [0.29, 0.717) is 25.7 Å². The van der Waals surface area contributed by atoms with Gasteiger partial charge < -0.3 is 98.1 Å². The lowest BCUT2D eigenvalue weighted by Gasteiger charge is -2.64. The van der Waals surface area contributed by atoms with Gasteiger partial charge in [0.15, 0.2) is 36.4 Å². The summed E-state index contributed by atoms with van der Waals surface area (Å²) in [5, 5.41) is 102. The van der Waals surface area contributed by atoms with Crippen LogP contribution in [0.3, 0.4) is 0 Å². The van der Waals surface area contributed by atoms with Crippen LogP contribution in [-0.2, 0) is 76.3 Å². The number of hydrogen-bond acceptors (Lipinski definition) is 25. The zero-order valence-electron chi connectivity index (χ0n) is 47.8. The number of allylic oxidation sites excluding steroid dienone is 5. The number of fused-ring (bicyclic) bond motifs is 4. The largest absolute Gasteiger partial charge is 0.459 e. The number of ether oxygens (including phenoxy) is 11. The molecule has 466 valence electrons. The lowest BCUT2D eigenvalue weighted by atomic mass is 9.40. The Kier molecular flexibility index (Phi) is 18.0. The first-order valence-corrected chi connectivity index (χ1v) is 29.5. The summed E-state index contributed by atoms with van der Waals surface area (Å²) in [4.78, 5) is 27.4. The molecule has 5 heterocycles. The Morgan fingerprint density at radius 2 is 1.41 bits per heavy atom. The number of methoxy groups -OCH3 is 1. The number of hydrogen-bond donors (Lipinski definition) is 10. The lowest BCUT2D eigenvalue weighted by molar-refractivity contribution is -0.382. The molecular formula is C55H84O26S. The van der Waals surface area contributed by atoms with Crippen molar-refractivity contribution in [3.8, 4) is 0 Å². The second-order valence-corrected chi connectivity index (χ2v) is 26.4. The normalized spacial score (nSPS) is 50.1. The highest BCUT2D eigenvalue weighted by Gasteiger charge is 2.87. The molecule has 0 aromatic rings. The Morgan fingerprint density at radius 1 is 0.768 bits per heavy atom. The Balaban J connectivity index is 0.919. The van der Waals surface area contributed by atoms with E-state index in [0.717, 1.165) is 11.1 Å². The van der Waals surface area contributed by atoms with Crippen molar-refractivity contribution in [2.24, 2.45) is 33.5 Å². The minimum atomic E-state index is -5.18. The van der Waals surface area contributed by atoms with Crippen molar-refractivity contribution in [3.63, 3.8) is 0 Å². The molecule has 5 aliphatic heterocycles. The highest BCUT2D eigenvalue weighted by molar-refractivity contribution is 7.80. The van der Waals surface area contributed by atoms with Crippen LogP contribution < -0.4 is 0 Å². The van der Waals surface area contributed by atoms with Gasteiger partial charge in [-0.2, -0.15) is 8.42 Å². The molecule has 3 saturated carbocycles. The molecule has 27 heteroatoms. The molecule has 0 amide bonds. The van der Waals surface area contributed by atoms with Crippen molar-refractivity contribution < 1.29 is 125 Å². The molecule has 9 aliphatic rings. The number of rotatable bonds is 15. The predicted octanol–water partition coefficient (Wildman–Crippen LogP) is -0.489. The molecule has 4 aliphatic carbocycles. The van der Waals surface area contributed by atoms with Crippen LogP contribution >= 0.6 is 0 Å². The van der Waals surface area contributed by atoms with Gasteiger partial charge in [0.05, 0.1) is 32.0 Å². The smallest absolute Gasteiger partial charge is 0.397 e. The highest BCUT2D eigenvalue weighted by atomic mass is 32.3. The average Bonchev–Trinajstić information content (AvgIpc) is 1.92. The van der Waals surface area contributed by atoms with Crippen LogP contribution in [0, 0.1) is 33.5 Å². The molecule has 82 heavy (non-hydrogen) atoms. The number of carbonyl (C=O) groups excluding carboxylic acids is 2. The summed E-state index contributed by atoms with van der Waals surface area (Å²) in [5.74, 6) is -1.34. The minimum Gasteiger partial charge on any atom is -0.459 e. The highest BCUT2D eigenvalue weighted by Crippen LogP contribution is 2.77. The molecule has 9 rings (SSSR count). The standard InChI is InChI=1S/C55H84O26S/c1-24(2)12-11-17-53(9)55(66)34(74-26(4)57)20-52(8)28-13-14-32-50(5,6)33(16-18-51(32,7)27(28)15-19-54(52,55)49(65)80-53)76-48-44(36(60)31(23-72-48)81-82(67,68)69)79-46-38(62)37(61)41(25(3)73-46)77-45-39(63)42(29(58)22-71-45)78-47-40(64)43(70-10)35(59)30(21-56)75-47/h11-13,17,25,27,29-48,56,58-64,66H,14-16,18-23H2,1-10H3,(H,67,68,69)/b17-11-/t25-,27+,29-,30-,31-,32+,33+,34+,35-,36+,37+,38-,39-,40-,41-,42+,43+,44-,45+,46+,47+,48+,51-,52+,53+,54-,55+/m1/s1. The van der Waals surface area contributed by atoms with Crippen molar-refractivity contribution in [3.05, 3.63) is 35.5 Å². The molecule has 0 unspecified atom stereocenters. The molecule has 27 atom stereocenters. The molecule has 5 saturated heterocycles. The Bertz CT molecular complexity index is 2560. The van der Waals surface area contributed by atoms with Gasteiger partial charge in [-0.05, 0) is 95.0 Å². The van der Waals surface area contributed by atoms with Crippen molar-refractivity contribution in [2.75, 3.05) is 26.9 Å². The second kappa shape index (κ2) is 23.1. The third-order valence-corrected chi connectivity index (χ3v) is 20.5. The van der Waals surface area contributed by atoms with Gasteiger partial charge >= 0.3 is 22.3 Å². The number of carbonyl (C=O) groups is 2. The van der Waals surface area contributed by atoms with Crippen LogP contribution in [0.25, 0.3) is 0 Å². The first-order valence-electron chi connectivity index (χ1n) is 28.1. The van der Waals surface area contributed by atoms with Crippen LogP contribution in [0.15, 0.2) is 35.5 Å². The zero-order chi connectivity index (χ0) is 60.2. The maximum atomic E-state index is 14.7. The van der Waals surface area contributed by atoms with Crippen LogP contribution in [-0.4, -0.2) is 232 Å². The molecule has 10 N–H and O–H groups in total. The van der Waals surface area contributed by atoms with Crippen molar-refractivity contribution in [1.29, 1.82) is 0 Å². The third-order valence-electron chi connectivity index (χ3n) is 20.0. The summed E-state index contributed by atoms with van der Waals surface area (Å²) in [6.07, 6.45) is -21.2. The maximum Gasteiger partial charge on any atom is 0.397 e. The van der Waals surface area contributed by atoms with Gasteiger partial charge in [0.2, 0.25) is 0 Å². The van der Waals surface area contributed by atoms with Crippen LogP contribution in [0.4, 0.5) is 0 Å². The van der Waals surface area contributed by atoms with Crippen molar-refractivity contribution in [2.45, 2.75) is 235 Å². The van der Waals surface area contributed by atoms with Crippen molar-refractivity contribution >= 4 is 22.3 Å². The van der Waals surface area contributed by atoms with Gasteiger partial charge in [-0.15, -0.1) is 0 Å². The molecular weight excluding hydrogens is 1110 g/mol. The molecule has 0 bridgehead atoms. The van der Waals surface area contributed by atoms with E-state index in [4.69, 9.17) is 56.3 Å². The predicted molar refractivity (Wildman–Crippen MR) is 277 cm³/mol. The molecule has 1 spiro atoms. The van der Waals surface area contributed by atoms with Crippen LogP contribution in [0.5, 0.6) is 0 Å². The number of aliphatic hydroxyl groups is 9. The van der Waals surface area contributed by atoms with Crippen LogP contribution in [0.2, 0.25) is 0 Å². The summed E-state index contributed by atoms with van der Waals surface area (Å²) >= 11 is 0. The van der Waals surface area contributed by atoms with Crippen molar-refractivity contribution in [1.82, 2.24) is 0 Å². The summed E-state index contributed by atoms with van der Waals surface area (Å²) in [7, 11) is -3.98. The molecule has 0 radical (unpaired) electrons. The average molecular weight is 1190 g/mol. The van der Waals surface area contributed by atoms with E-state index in [1.165, 1.54) is 21.0 Å². The Morgan fingerprint density at radius 3 is 2.06 bits per heavy atom. The maximum absolute atomic E-state index is 14.7. The van der Waals surface area contributed by atoms with E-state index >= 15 is 0 Å². The SMILES string of the molecule is CO[C@@H]1[C@@H](O)[C@H](O[C@@H]2[C@@H](O)[C@H](O[C@H]3[C@@H](O)[C@@H](O)[C@H](O[C@H]4[C@H](O[C@H]5CC[C@]6(C)[C@H]7CC[C@]89C(=O)O[C@@](C)(/C=C\C=C(C)C)[C@@]8(O)[C@@H](OC(C)=O)C[C@@]9(C)C7=CC[C@H]6C5(C)C)OC[C@@H](OS(=O)(=O)O)[C@@H]4O)O[C@@H]3C)OC[C@H]2O)O[C@H](CO)[C@H]1O. The monoisotopic (exact) mass is 1190 g/mol. The Hall–Kier alpha value is -2.69. The number of aliphatic hydroxyl groups excluding tert-OH is 8. The van der Waals surface area contributed by atoms with Gasteiger partial charge in [-0.1, -0.05) is 57.1 Å². The quantitative estimate of drug-likeness (QED) is 0.0428. The number of cyclic esters (lactones) is 1. The Labute approximate surface area is 476 Å². The molecule has 8 fully saturated rings. The minimum absolute atomic E-state index is 0.0953. The lowest BCUT2D eigenvalue weighted by Crippen LogP contribution is -2.66. The summed E-state index contributed by atoms with van der Waals surface area (Å²) < 4.78 is 104. The first-order chi connectivity index (χ1) is 38.2. The van der Waals surface area contributed by atoms with Gasteiger partial charge in [-0.3, -0.25) is 14.1 Å². The van der Waals surface area contributed by atoms with Gasteiger partial charge in [0.25, 0.3) is 0 Å². The fraction of sp³-hybridized carbons (Fsp3) is 0.855. The van der Waals surface area contributed by atoms with E-state index < -0.39 is 198 Å². The van der Waals surface area contributed by atoms with E-state index in [2.05, 4.69) is 13.0 Å². The van der Waals surface area contributed by atoms with E-state index in [9.17, 15) is 68.5 Å². The van der Waals surface area contributed by atoms with Gasteiger partial charge in [0.1, 0.15) is 90.9 Å². The molecule has 0 aromatic carbocycles. The first kappa shape index (κ1) is 63.8. The summed E-state index contributed by atoms with van der Waals surface area (Å²) in [6, 6.07) is 0. The van der Waals surface area contributed by atoms with E-state index in [1.807, 2.05) is 40.7 Å². The number of esters is 2. The fourth-order valence-corrected chi connectivity index (χ4v) is 16.4. The van der Waals surface area contributed by atoms with E-state index in [1.54, 1.807) is 19.1 Å². The third kappa shape index (κ3) is 10.5. The molecule has 26 nitrogen and oxygen atoms in total.